The molecule has 0 radical (unpaired) electrons. The molecule has 0 aromatic heterocycles. The Bertz CT molecular complexity index is 301. The van der Waals surface area contributed by atoms with E-state index in [2.05, 4.69) is 5.32 Å². The number of carbonyl (C=O) groups excluding carboxylic acids is 1. The maximum Gasteiger partial charge on any atom is 0.314 e. The topological polar surface area (TPSA) is 38.3 Å². The predicted octanol–water partition coefficient (Wildman–Crippen LogP) is 2.14. The van der Waals surface area contributed by atoms with Gasteiger partial charge in [-0.15, -0.1) is 0 Å². The molecule has 0 aliphatic rings. The molecule has 0 fully saturated rings. The maximum absolute atomic E-state index is 10.4. The van der Waals surface area contributed by atoms with Gasteiger partial charge in [-0.3, -0.25) is 4.79 Å². The molecule has 4 heteroatoms. The van der Waals surface area contributed by atoms with Crippen LogP contribution in [0.5, 0.6) is 5.75 Å². The maximum atomic E-state index is 10.4. The van der Waals surface area contributed by atoms with Crippen molar-refractivity contribution in [3.05, 3.63) is 29.8 Å². The quantitative estimate of drug-likeness (QED) is 0.599. The van der Waals surface area contributed by atoms with Gasteiger partial charge in [0.1, 0.15) is 5.75 Å². The summed E-state index contributed by atoms with van der Waals surface area (Å²) in [5, 5.41) is 1.93. The van der Waals surface area contributed by atoms with Gasteiger partial charge in [-0.1, -0.05) is 12.1 Å². The van der Waals surface area contributed by atoms with Crippen LogP contribution < -0.4 is 10.1 Å². The van der Waals surface area contributed by atoms with Crippen molar-refractivity contribution in [2.75, 3.05) is 7.11 Å². The molecule has 0 atom stereocenters. The molecule has 3 nitrogen and oxygen atoms in total. The molecule has 0 heterocycles. The summed E-state index contributed by atoms with van der Waals surface area (Å²) in [6, 6.07) is 7.42. The number of halogens is 1. The van der Waals surface area contributed by atoms with Gasteiger partial charge in [0.15, 0.2) is 0 Å². The van der Waals surface area contributed by atoms with E-state index >= 15 is 0 Å². The monoisotopic (exact) mass is 199 g/mol. The third kappa shape index (κ3) is 3.34. The first-order valence-electron chi connectivity index (χ1n) is 3.78. The molecular formula is C9H10ClNO2. The van der Waals surface area contributed by atoms with Crippen LogP contribution in [0.4, 0.5) is 4.79 Å². The summed E-state index contributed by atoms with van der Waals surface area (Å²) in [4.78, 5) is 10.4. The van der Waals surface area contributed by atoms with Crippen molar-refractivity contribution in [1.29, 1.82) is 0 Å². The summed E-state index contributed by atoms with van der Waals surface area (Å²) in [6.07, 6.45) is 0. The van der Waals surface area contributed by atoms with E-state index in [9.17, 15) is 4.79 Å². The Labute approximate surface area is 81.7 Å². The molecule has 70 valence electrons. The number of hydrogen-bond acceptors (Lipinski definition) is 2. The second-order valence-corrected chi connectivity index (χ2v) is 2.82. The fourth-order valence-corrected chi connectivity index (χ4v) is 1.02. The molecule has 0 saturated carbocycles. The minimum Gasteiger partial charge on any atom is -0.497 e. The molecule has 0 aliphatic carbocycles. The molecule has 1 rings (SSSR count). The summed E-state index contributed by atoms with van der Waals surface area (Å²) in [5.74, 6) is 0.765. The van der Waals surface area contributed by atoms with Crippen LogP contribution in [-0.4, -0.2) is 12.5 Å². The zero-order valence-electron chi connectivity index (χ0n) is 7.21. The third-order valence-corrected chi connectivity index (χ3v) is 1.70. The van der Waals surface area contributed by atoms with E-state index in [0.29, 0.717) is 6.54 Å². The first kappa shape index (κ1) is 9.86. The number of hydrogen-bond donors (Lipinski definition) is 1. The van der Waals surface area contributed by atoms with Crippen molar-refractivity contribution in [2.45, 2.75) is 6.54 Å². The second kappa shape index (κ2) is 4.72. The van der Waals surface area contributed by atoms with Crippen LogP contribution in [0.15, 0.2) is 24.3 Å². The standard InChI is InChI=1S/C9H10ClNO2/c1-13-8-4-2-3-7(5-8)6-11-9(10)12/h2-5H,6H2,1H3,(H,11,12). The largest absolute Gasteiger partial charge is 0.497 e. The van der Waals surface area contributed by atoms with Gasteiger partial charge >= 0.3 is 5.37 Å². The summed E-state index contributed by atoms with van der Waals surface area (Å²) in [5.41, 5.74) is 0.952. The minimum absolute atomic E-state index is 0.416. The van der Waals surface area contributed by atoms with Crippen LogP contribution in [0.25, 0.3) is 0 Å². The average molecular weight is 200 g/mol. The molecule has 0 bridgehead atoms. The molecule has 1 N–H and O–H groups in total. The van der Waals surface area contributed by atoms with Gasteiger partial charge in [-0.25, -0.2) is 0 Å². The number of methoxy groups -OCH3 is 1. The number of amides is 1. The van der Waals surface area contributed by atoms with E-state index in [0.717, 1.165) is 11.3 Å². The highest BCUT2D eigenvalue weighted by molar-refractivity contribution is 6.62. The average Bonchev–Trinajstić information content (AvgIpc) is 2.15. The first-order valence-corrected chi connectivity index (χ1v) is 4.16. The van der Waals surface area contributed by atoms with Gasteiger partial charge in [-0.2, -0.15) is 0 Å². The molecule has 0 saturated heterocycles. The lowest BCUT2D eigenvalue weighted by molar-refractivity contribution is 0.259. The van der Waals surface area contributed by atoms with Crippen LogP contribution >= 0.6 is 11.6 Å². The molecule has 1 aromatic carbocycles. The number of carbonyl (C=O) groups is 1. The van der Waals surface area contributed by atoms with E-state index in [-0.39, 0.29) is 0 Å². The molecule has 0 unspecified atom stereocenters. The Kier molecular flexibility index (Phi) is 3.58. The van der Waals surface area contributed by atoms with Gasteiger partial charge in [0, 0.05) is 6.54 Å². The number of rotatable bonds is 3. The molecule has 0 spiro atoms. The Hall–Kier alpha value is -1.22. The lowest BCUT2D eigenvalue weighted by atomic mass is 10.2. The van der Waals surface area contributed by atoms with Crippen molar-refractivity contribution < 1.29 is 9.53 Å². The van der Waals surface area contributed by atoms with E-state index < -0.39 is 5.37 Å². The molecule has 13 heavy (non-hydrogen) atoms. The number of ether oxygens (including phenoxy) is 1. The summed E-state index contributed by atoms with van der Waals surface area (Å²) in [7, 11) is 1.60. The van der Waals surface area contributed by atoms with Crippen molar-refractivity contribution >= 4 is 17.0 Å². The Balaban J connectivity index is 2.61. The van der Waals surface area contributed by atoms with E-state index in [1.165, 1.54) is 0 Å². The third-order valence-electron chi connectivity index (χ3n) is 1.57. The van der Waals surface area contributed by atoms with Gasteiger partial charge in [0.2, 0.25) is 0 Å². The first-order chi connectivity index (χ1) is 6.22. The van der Waals surface area contributed by atoms with Gasteiger partial charge in [0.25, 0.3) is 0 Å². The van der Waals surface area contributed by atoms with Crippen LogP contribution in [-0.2, 0) is 6.54 Å². The predicted molar refractivity (Wildman–Crippen MR) is 51.1 cm³/mol. The fourth-order valence-electron chi connectivity index (χ4n) is 0.954. The Morgan fingerprint density at radius 2 is 2.38 bits per heavy atom. The fraction of sp³-hybridized carbons (Fsp3) is 0.222. The number of nitrogens with one attached hydrogen (secondary N) is 1. The van der Waals surface area contributed by atoms with E-state index in [4.69, 9.17) is 16.3 Å². The van der Waals surface area contributed by atoms with E-state index in [1.807, 2.05) is 24.3 Å². The van der Waals surface area contributed by atoms with Crippen molar-refractivity contribution in [3.63, 3.8) is 0 Å². The SMILES string of the molecule is COc1cccc(CNC(=O)Cl)c1. The van der Waals surface area contributed by atoms with Crippen LogP contribution in [0.2, 0.25) is 0 Å². The van der Waals surface area contributed by atoms with Gasteiger partial charge in [0.05, 0.1) is 7.11 Å². The summed E-state index contributed by atoms with van der Waals surface area (Å²) in [6.45, 7) is 0.416. The highest BCUT2D eigenvalue weighted by Crippen LogP contribution is 2.12. The highest BCUT2D eigenvalue weighted by atomic mass is 35.5. The van der Waals surface area contributed by atoms with Crippen LogP contribution in [0, 0.1) is 0 Å². The molecular weight excluding hydrogens is 190 g/mol. The smallest absolute Gasteiger partial charge is 0.314 e. The minimum atomic E-state index is -0.553. The zero-order chi connectivity index (χ0) is 9.68. The van der Waals surface area contributed by atoms with E-state index in [1.54, 1.807) is 7.11 Å². The summed E-state index contributed by atoms with van der Waals surface area (Å²) >= 11 is 5.12. The normalized spacial score (nSPS) is 9.38. The van der Waals surface area contributed by atoms with Crippen molar-refractivity contribution in [3.8, 4) is 5.75 Å². The van der Waals surface area contributed by atoms with Crippen molar-refractivity contribution in [1.82, 2.24) is 5.32 Å². The lowest BCUT2D eigenvalue weighted by Gasteiger charge is -2.03. The summed E-state index contributed by atoms with van der Waals surface area (Å²) < 4.78 is 5.02. The van der Waals surface area contributed by atoms with Crippen LogP contribution in [0.3, 0.4) is 0 Å². The van der Waals surface area contributed by atoms with Crippen molar-refractivity contribution in [2.24, 2.45) is 0 Å². The highest BCUT2D eigenvalue weighted by Gasteiger charge is 1.97. The lowest BCUT2D eigenvalue weighted by Crippen LogP contribution is -2.15. The number of benzene rings is 1. The Morgan fingerprint density at radius 3 is 3.00 bits per heavy atom. The molecule has 1 amide bonds. The molecule has 1 aromatic rings. The second-order valence-electron chi connectivity index (χ2n) is 2.48. The van der Waals surface area contributed by atoms with Gasteiger partial charge in [-0.05, 0) is 29.3 Å². The molecule has 0 aliphatic heterocycles. The Morgan fingerprint density at radius 1 is 1.62 bits per heavy atom. The van der Waals surface area contributed by atoms with Gasteiger partial charge < -0.3 is 10.1 Å². The van der Waals surface area contributed by atoms with Crippen LogP contribution in [0.1, 0.15) is 5.56 Å². The zero-order valence-corrected chi connectivity index (χ0v) is 7.97.